The molecule has 150 valence electrons. The molecule has 6 nitrogen and oxygen atoms in total. The monoisotopic (exact) mass is 396 g/mol. The minimum absolute atomic E-state index is 0.284. The van der Waals surface area contributed by atoms with Crippen LogP contribution < -0.4 is 10.2 Å². The molecule has 2 atom stereocenters. The van der Waals surface area contributed by atoms with E-state index in [0.717, 1.165) is 37.0 Å². The lowest BCUT2D eigenvalue weighted by molar-refractivity contribution is 0.311. The quantitative estimate of drug-likeness (QED) is 0.732. The van der Waals surface area contributed by atoms with E-state index in [9.17, 15) is 8.78 Å². The lowest BCUT2D eigenvalue weighted by Crippen LogP contribution is -2.46. The summed E-state index contributed by atoms with van der Waals surface area (Å²) < 4.78 is 28.3. The lowest BCUT2D eigenvalue weighted by atomic mass is 10.1. The van der Waals surface area contributed by atoms with Gasteiger partial charge in [0.15, 0.2) is 0 Å². The van der Waals surface area contributed by atoms with E-state index in [2.05, 4.69) is 44.3 Å². The number of hydrogen-bond donors (Lipinski definition) is 1. The van der Waals surface area contributed by atoms with Crippen LogP contribution in [0.3, 0.4) is 0 Å². The Morgan fingerprint density at radius 3 is 2.62 bits per heavy atom. The molecule has 8 heteroatoms. The fraction of sp³-hybridized carbons (Fsp3) is 0.333. The minimum atomic E-state index is -0.652. The first-order chi connectivity index (χ1) is 14.0. The Morgan fingerprint density at radius 1 is 0.966 bits per heavy atom. The molecule has 2 saturated heterocycles. The van der Waals surface area contributed by atoms with E-state index in [4.69, 9.17) is 0 Å². The highest BCUT2D eigenvalue weighted by atomic mass is 19.1. The van der Waals surface area contributed by atoms with Gasteiger partial charge in [-0.2, -0.15) is 4.98 Å². The number of hydrogen-bond acceptors (Lipinski definition) is 5. The minimum Gasteiger partial charge on any atom is -0.366 e. The van der Waals surface area contributed by atoms with Gasteiger partial charge in [-0.05, 0) is 49.2 Å². The molecule has 2 bridgehead atoms. The fourth-order valence-corrected chi connectivity index (χ4v) is 4.29. The molecule has 0 amide bonds. The van der Waals surface area contributed by atoms with Crippen molar-refractivity contribution in [2.24, 2.45) is 0 Å². The maximum atomic E-state index is 13.5. The van der Waals surface area contributed by atoms with Gasteiger partial charge < -0.3 is 10.2 Å². The highest BCUT2D eigenvalue weighted by Gasteiger charge is 2.32. The Kier molecular flexibility index (Phi) is 4.43. The van der Waals surface area contributed by atoms with E-state index in [1.165, 1.54) is 41.8 Å². The molecule has 29 heavy (non-hydrogen) atoms. The molecular weight excluding hydrogens is 374 g/mol. The zero-order chi connectivity index (χ0) is 20.0. The van der Waals surface area contributed by atoms with E-state index < -0.39 is 11.6 Å². The van der Waals surface area contributed by atoms with Crippen molar-refractivity contribution in [2.75, 3.05) is 36.4 Å². The number of fused-ring (bicyclic) bond motifs is 2. The Morgan fingerprint density at radius 2 is 1.79 bits per heavy atom. The number of piperazine rings is 1. The van der Waals surface area contributed by atoms with Gasteiger partial charge in [0.05, 0.1) is 5.69 Å². The normalized spacial score (nSPS) is 20.9. The molecule has 2 fully saturated rings. The van der Waals surface area contributed by atoms with Crippen molar-refractivity contribution in [3.63, 3.8) is 0 Å². The molecular formula is C21H22F2N6. The van der Waals surface area contributed by atoms with E-state index in [1.54, 1.807) is 0 Å². The molecule has 0 aliphatic carbocycles. The first-order valence-corrected chi connectivity index (χ1v) is 9.79. The lowest BCUT2D eigenvalue weighted by Gasteiger charge is -2.36. The van der Waals surface area contributed by atoms with Gasteiger partial charge >= 0.3 is 0 Å². The van der Waals surface area contributed by atoms with Crippen LogP contribution in [0.4, 0.5) is 26.1 Å². The largest absolute Gasteiger partial charge is 0.366 e. The molecule has 2 unspecified atom stereocenters. The molecule has 5 rings (SSSR count). The third-order valence-corrected chi connectivity index (χ3v) is 5.60. The first-order valence-electron chi connectivity index (χ1n) is 9.79. The van der Waals surface area contributed by atoms with Gasteiger partial charge in [-0.1, -0.05) is 0 Å². The van der Waals surface area contributed by atoms with Crippen LogP contribution in [0.15, 0.2) is 42.7 Å². The first kappa shape index (κ1) is 18.1. The summed E-state index contributed by atoms with van der Waals surface area (Å²) in [5.74, 6) is -0.933. The van der Waals surface area contributed by atoms with E-state index in [-0.39, 0.29) is 5.69 Å². The van der Waals surface area contributed by atoms with Crippen LogP contribution in [0.5, 0.6) is 0 Å². The fourth-order valence-electron chi connectivity index (χ4n) is 4.29. The maximum absolute atomic E-state index is 13.5. The Balaban J connectivity index is 1.38. The Labute approximate surface area is 167 Å². The highest BCUT2D eigenvalue weighted by molar-refractivity contribution is 5.64. The van der Waals surface area contributed by atoms with Crippen LogP contribution in [0.25, 0.3) is 5.69 Å². The summed E-state index contributed by atoms with van der Waals surface area (Å²) in [5.41, 5.74) is 3.53. The number of anilines is 3. The van der Waals surface area contributed by atoms with Gasteiger partial charge in [-0.15, -0.1) is 5.10 Å². The van der Waals surface area contributed by atoms with Crippen molar-refractivity contribution in [1.82, 2.24) is 19.7 Å². The van der Waals surface area contributed by atoms with Crippen molar-refractivity contribution in [3.8, 4) is 5.69 Å². The number of nitrogens with one attached hydrogen (secondary N) is 1. The van der Waals surface area contributed by atoms with Crippen molar-refractivity contribution in [1.29, 1.82) is 0 Å². The van der Waals surface area contributed by atoms with Crippen molar-refractivity contribution < 1.29 is 8.78 Å². The second-order valence-electron chi connectivity index (χ2n) is 7.76. The van der Waals surface area contributed by atoms with Gasteiger partial charge in [-0.3, -0.25) is 4.90 Å². The van der Waals surface area contributed by atoms with Gasteiger partial charge in [0.25, 0.3) is 0 Å². The average molecular weight is 396 g/mol. The summed E-state index contributed by atoms with van der Waals surface area (Å²) in [4.78, 5) is 9.24. The third-order valence-electron chi connectivity index (χ3n) is 5.60. The Hall–Kier alpha value is -3.00. The number of rotatable bonds is 4. The molecule has 0 radical (unpaired) electrons. The average Bonchev–Trinajstić information content (AvgIpc) is 3.28. The second kappa shape index (κ2) is 7.11. The molecule has 3 aromatic rings. The summed E-state index contributed by atoms with van der Waals surface area (Å²) in [6.07, 6.45) is 2.64. The predicted molar refractivity (Wildman–Crippen MR) is 108 cm³/mol. The van der Waals surface area contributed by atoms with Gasteiger partial charge in [0.1, 0.15) is 18.0 Å². The van der Waals surface area contributed by atoms with Gasteiger partial charge in [0.2, 0.25) is 5.95 Å². The van der Waals surface area contributed by atoms with Crippen molar-refractivity contribution in [3.05, 3.63) is 59.9 Å². The molecule has 2 aliphatic heterocycles. The molecule has 2 aromatic carbocycles. The summed E-state index contributed by atoms with van der Waals surface area (Å²) in [6, 6.07) is 10.2. The van der Waals surface area contributed by atoms with Gasteiger partial charge in [-0.25, -0.2) is 13.5 Å². The summed E-state index contributed by atoms with van der Waals surface area (Å²) >= 11 is 0. The number of nitrogens with zero attached hydrogens (tertiary/aromatic N) is 5. The summed E-state index contributed by atoms with van der Waals surface area (Å²) in [6.45, 7) is 6.52. The second-order valence-corrected chi connectivity index (χ2v) is 7.76. The van der Waals surface area contributed by atoms with Crippen molar-refractivity contribution >= 4 is 17.3 Å². The molecule has 0 saturated carbocycles. The van der Waals surface area contributed by atoms with E-state index in [1.807, 2.05) is 6.07 Å². The van der Waals surface area contributed by atoms with Crippen LogP contribution in [-0.4, -0.2) is 51.9 Å². The van der Waals surface area contributed by atoms with Crippen LogP contribution in [0, 0.1) is 18.6 Å². The summed E-state index contributed by atoms with van der Waals surface area (Å²) in [5, 5.41) is 7.53. The SMILES string of the molecule is Cc1cc(Nc2ncn(-c3cc(F)cc(F)c3)n2)cc(N2CCN3CCC2C3)c1. The van der Waals surface area contributed by atoms with Crippen LogP contribution >= 0.6 is 0 Å². The van der Waals surface area contributed by atoms with Crippen LogP contribution in [0.1, 0.15) is 12.0 Å². The van der Waals surface area contributed by atoms with Gasteiger partial charge in [0, 0.05) is 49.7 Å². The zero-order valence-electron chi connectivity index (χ0n) is 16.1. The third kappa shape index (κ3) is 3.67. The zero-order valence-corrected chi connectivity index (χ0v) is 16.1. The number of benzene rings is 2. The molecule has 1 N–H and O–H groups in total. The topological polar surface area (TPSA) is 49.2 Å². The Bertz CT molecular complexity index is 1030. The van der Waals surface area contributed by atoms with E-state index >= 15 is 0 Å². The summed E-state index contributed by atoms with van der Waals surface area (Å²) in [7, 11) is 0. The molecule has 3 heterocycles. The molecule has 2 aliphatic rings. The standard InChI is InChI=1S/C21H22F2N6/c1-14-6-17(11-19(7-14)28-5-4-27-3-2-18(28)12-27)25-21-24-13-29(26-21)20-9-15(22)8-16(23)10-20/h6-11,13,18H,2-5,12H2,1H3,(H,25,26). The highest BCUT2D eigenvalue weighted by Crippen LogP contribution is 2.30. The maximum Gasteiger partial charge on any atom is 0.246 e. The van der Waals surface area contributed by atoms with Crippen LogP contribution in [-0.2, 0) is 0 Å². The predicted octanol–water partition coefficient (Wildman–Crippen LogP) is 3.49. The smallest absolute Gasteiger partial charge is 0.246 e. The number of aromatic nitrogens is 3. The van der Waals surface area contributed by atoms with E-state index in [0.29, 0.717) is 12.0 Å². The van der Waals surface area contributed by atoms with Crippen LogP contribution in [0.2, 0.25) is 0 Å². The molecule has 1 aromatic heterocycles. The number of halogens is 2. The molecule has 0 spiro atoms. The van der Waals surface area contributed by atoms with Crippen molar-refractivity contribution in [2.45, 2.75) is 19.4 Å². The number of aryl methyl sites for hydroxylation is 1.